The number of amides is 1. The molecule has 0 aliphatic carbocycles. The molecule has 5 nitrogen and oxygen atoms in total. The van der Waals surface area contributed by atoms with E-state index < -0.39 is 5.97 Å². The second-order valence-electron chi connectivity index (χ2n) is 4.08. The fraction of sp³-hybridized carbons (Fsp3) is 0.385. The molecule has 1 rings (SSSR count). The van der Waals surface area contributed by atoms with Gasteiger partial charge in [0, 0.05) is 16.9 Å². The first-order valence-corrected chi connectivity index (χ1v) is 6.60. The predicted molar refractivity (Wildman–Crippen MR) is 74.3 cm³/mol. The van der Waals surface area contributed by atoms with Crippen LogP contribution in [-0.2, 0) is 16.0 Å². The molecule has 0 aromatic heterocycles. The first-order valence-electron chi connectivity index (χ1n) is 5.80. The summed E-state index contributed by atoms with van der Waals surface area (Å²) in [4.78, 5) is 21.1. The van der Waals surface area contributed by atoms with Gasteiger partial charge in [-0.05, 0) is 36.6 Å². The van der Waals surface area contributed by atoms with Gasteiger partial charge in [0.2, 0.25) is 6.41 Å². The van der Waals surface area contributed by atoms with Gasteiger partial charge in [-0.25, -0.2) is 0 Å². The molecule has 6 heteroatoms. The maximum Gasteiger partial charge on any atom is 0.303 e. The average Bonchev–Trinajstić information content (AvgIpc) is 2.38. The third-order valence-corrected chi connectivity index (χ3v) is 3.50. The lowest BCUT2D eigenvalue weighted by molar-refractivity contribution is -0.137. The summed E-state index contributed by atoms with van der Waals surface area (Å²) in [6, 6.07) is 5.35. The van der Waals surface area contributed by atoms with Crippen LogP contribution in [0, 0.1) is 0 Å². The lowest BCUT2D eigenvalue weighted by Gasteiger charge is -2.16. The normalized spacial score (nSPS) is 11.7. The number of methoxy groups -OCH3 is 1. The van der Waals surface area contributed by atoms with Gasteiger partial charge in [-0.15, -0.1) is 0 Å². The highest BCUT2D eigenvalue weighted by molar-refractivity contribution is 9.10. The number of aliphatic carboxylic acids is 1. The summed E-state index contributed by atoms with van der Waals surface area (Å²) < 4.78 is 6.05. The Hall–Kier alpha value is -1.56. The van der Waals surface area contributed by atoms with Crippen molar-refractivity contribution in [2.45, 2.75) is 25.3 Å². The zero-order valence-electron chi connectivity index (χ0n) is 10.6. The Bertz CT molecular complexity index is 450. The molecule has 0 heterocycles. The molecule has 0 bridgehead atoms. The van der Waals surface area contributed by atoms with E-state index in [9.17, 15) is 9.59 Å². The maximum atomic E-state index is 10.6. The number of carboxylic acid groups (broad SMARTS) is 1. The maximum absolute atomic E-state index is 10.6. The van der Waals surface area contributed by atoms with Crippen LogP contribution in [0.3, 0.4) is 0 Å². The first-order chi connectivity index (χ1) is 9.06. The fourth-order valence-corrected chi connectivity index (χ4v) is 2.15. The lowest BCUT2D eigenvalue weighted by atomic mass is 10.0. The summed E-state index contributed by atoms with van der Waals surface area (Å²) in [5.74, 6) is -0.149. The van der Waals surface area contributed by atoms with E-state index in [-0.39, 0.29) is 12.5 Å². The molecule has 0 saturated heterocycles. The topological polar surface area (TPSA) is 75.6 Å². The van der Waals surface area contributed by atoms with Crippen molar-refractivity contribution in [3.05, 3.63) is 28.2 Å². The van der Waals surface area contributed by atoms with Crippen molar-refractivity contribution < 1.29 is 19.4 Å². The highest BCUT2D eigenvalue weighted by Crippen LogP contribution is 2.24. The molecule has 1 unspecified atom stereocenters. The van der Waals surface area contributed by atoms with Crippen molar-refractivity contribution in [3.63, 3.8) is 0 Å². The number of carbonyl (C=O) groups excluding carboxylic acids is 1. The van der Waals surface area contributed by atoms with Gasteiger partial charge in [-0.2, -0.15) is 0 Å². The van der Waals surface area contributed by atoms with Gasteiger partial charge in [-0.3, -0.25) is 9.59 Å². The van der Waals surface area contributed by atoms with Gasteiger partial charge in [0.15, 0.2) is 0 Å². The van der Waals surface area contributed by atoms with Crippen LogP contribution in [0.4, 0.5) is 0 Å². The molecule has 0 aliphatic rings. The molecular formula is C13H16BrNO4. The minimum Gasteiger partial charge on any atom is -0.497 e. The molecule has 1 aromatic carbocycles. The van der Waals surface area contributed by atoms with E-state index in [2.05, 4.69) is 21.2 Å². The van der Waals surface area contributed by atoms with E-state index in [1.165, 1.54) is 0 Å². The summed E-state index contributed by atoms with van der Waals surface area (Å²) in [7, 11) is 1.58. The Morgan fingerprint density at radius 1 is 1.58 bits per heavy atom. The van der Waals surface area contributed by atoms with Crippen molar-refractivity contribution in [2.75, 3.05) is 7.11 Å². The highest BCUT2D eigenvalue weighted by Gasteiger charge is 2.13. The monoisotopic (exact) mass is 329 g/mol. The Morgan fingerprint density at radius 2 is 2.32 bits per heavy atom. The quantitative estimate of drug-likeness (QED) is 0.715. The molecule has 0 saturated carbocycles. The van der Waals surface area contributed by atoms with Crippen LogP contribution in [0.25, 0.3) is 0 Å². The van der Waals surface area contributed by atoms with Crippen LogP contribution < -0.4 is 10.1 Å². The van der Waals surface area contributed by atoms with Gasteiger partial charge >= 0.3 is 5.97 Å². The number of nitrogens with one attached hydrogen (secondary N) is 1. The van der Waals surface area contributed by atoms with Crippen molar-refractivity contribution in [2.24, 2.45) is 0 Å². The number of halogens is 1. The van der Waals surface area contributed by atoms with Gasteiger partial charge in [0.1, 0.15) is 5.75 Å². The third kappa shape index (κ3) is 5.30. The summed E-state index contributed by atoms with van der Waals surface area (Å²) in [6.07, 6.45) is 1.55. The second-order valence-corrected chi connectivity index (χ2v) is 4.93. The summed E-state index contributed by atoms with van der Waals surface area (Å²) in [6.45, 7) is 0. The molecule has 0 fully saturated rings. The van der Waals surface area contributed by atoms with Gasteiger partial charge in [0.25, 0.3) is 0 Å². The minimum absolute atomic E-state index is 0.0209. The molecular weight excluding hydrogens is 314 g/mol. The Balaban J connectivity index is 2.76. The second kappa shape index (κ2) is 7.78. The molecule has 0 spiro atoms. The molecule has 1 aromatic rings. The van der Waals surface area contributed by atoms with Crippen LogP contribution in [-0.4, -0.2) is 30.6 Å². The first kappa shape index (κ1) is 15.5. The molecule has 0 radical (unpaired) electrons. The Kier molecular flexibility index (Phi) is 6.35. The van der Waals surface area contributed by atoms with E-state index in [0.29, 0.717) is 19.3 Å². The van der Waals surface area contributed by atoms with E-state index in [4.69, 9.17) is 9.84 Å². The van der Waals surface area contributed by atoms with Crippen LogP contribution in [0.15, 0.2) is 22.7 Å². The fourth-order valence-electron chi connectivity index (χ4n) is 1.74. The lowest BCUT2D eigenvalue weighted by Crippen LogP contribution is -2.30. The van der Waals surface area contributed by atoms with Gasteiger partial charge < -0.3 is 15.2 Å². The third-order valence-electron chi connectivity index (χ3n) is 2.73. The minimum atomic E-state index is -0.873. The molecule has 0 aliphatic heterocycles. The van der Waals surface area contributed by atoms with Crippen LogP contribution >= 0.6 is 15.9 Å². The molecule has 1 amide bonds. The zero-order chi connectivity index (χ0) is 14.3. The summed E-state index contributed by atoms with van der Waals surface area (Å²) in [5.41, 5.74) is 0.962. The van der Waals surface area contributed by atoms with Crippen molar-refractivity contribution in [3.8, 4) is 5.75 Å². The molecule has 104 valence electrons. The highest BCUT2D eigenvalue weighted by atomic mass is 79.9. The van der Waals surface area contributed by atoms with E-state index in [0.717, 1.165) is 15.8 Å². The van der Waals surface area contributed by atoms with Crippen LogP contribution in [0.5, 0.6) is 5.75 Å². The van der Waals surface area contributed by atoms with Crippen LogP contribution in [0.1, 0.15) is 18.4 Å². The smallest absolute Gasteiger partial charge is 0.303 e. The molecule has 2 N–H and O–H groups in total. The molecule has 19 heavy (non-hydrogen) atoms. The largest absolute Gasteiger partial charge is 0.497 e. The van der Waals surface area contributed by atoms with Crippen molar-refractivity contribution >= 4 is 28.3 Å². The summed E-state index contributed by atoms with van der Waals surface area (Å²) in [5, 5.41) is 11.3. The van der Waals surface area contributed by atoms with Crippen LogP contribution in [0.2, 0.25) is 0 Å². The van der Waals surface area contributed by atoms with E-state index in [1.54, 1.807) is 7.11 Å². The number of rotatable bonds is 8. The number of hydrogen-bond donors (Lipinski definition) is 2. The number of ether oxygens (including phenoxy) is 1. The SMILES string of the molecule is COc1ccc(Br)c(CC(CCC(=O)O)NC=O)c1. The number of benzene rings is 1. The number of carbonyl (C=O) groups is 2. The number of hydrogen-bond acceptors (Lipinski definition) is 3. The standard InChI is InChI=1S/C13H16BrNO4/c1-19-11-3-4-12(14)9(7-11)6-10(15-8-16)2-5-13(17)18/h3-4,7-8,10H,2,5-6H2,1H3,(H,15,16)(H,17,18). The molecule has 1 atom stereocenters. The Morgan fingerprint density at radius 3 is 2.89 bits per heavy atom. The predicted octanol–water partition coefficient (Wildman–Crippen LogP) is 1.98. The summed E-state index contributed by atoms with van der Waals surface area (Å²) >= 11 is 3.43. The number of carboxylic acids is 1. The van der Waals surface area contributed by atoms with E-state index in [1.807, 2.05) is 18.2 Å². The van der Waals surface area contributed by atoms with Crippen molar-refractivity contribution in [1.29, 1.82) is 0 Å². The zero-order valence-corrected chi connectivity index (χ0v) is 12.1. The average molecular weight is 330 g/mol. The van der Waals surface area contributed by atoms with E-state index >= 15 is 0 Å². The van der Waals surface area contributed by atoms with Crippen molar-refractivity contribution in [1.82, 2.24) is 5.32 Å². The van der Waals surface area contributed by atoms with Gasteiger partial charge in [-0.1, -0.05) is 15.9 Å². The Labute approximate surface area is 120 Å². The van der Waals surface area contributed by atoms with Gasteiger partial charge in [0.05, 0.1) is 7.11 Å².